The van der Waals surface area contributed by atoms with Crippen LogP contribution in [-0.2, 0) is 0 Å². The Bertz CT molecular complexity index is 425. The van der Waals surface area contributed by atoms with Crippen LogP contribution in [-0.4, -0.2) is 13.7 Å². The van der Waals surface area contributed by atoms with E-state index in [2.05, 4.69) is 67.1 Å². The zero-order valence-electron chi connectivity index (χ0n) is 13.6. The summed E-state index contributed by atoms with van der Waals surface area (Å²) in [5.74, 6) is 1.56. The van der Waals surface area contributed by atoms with Crippen LogP contribution < -0.4 is 10.1 Å². The van der Waals surface area contributed by atoms with E-state index in [1.54, 1.807) is 0 Å². The number of hydrogen-bond acceptors (Lipinski definition) is 2. The Balaban J connectivity index is 2.88. The van der Waals surface area contributed by atoms with E-state index in [4.69, 9.17) is 4.74 Å². The molecule has 114 valence electrons. The summed E-state index contributed by atoms with van der Waals surface area (Å²) in [6.45, 7) is 11.9. The molecule has 20 heavy (non-hydrogen) atoms. The van der Waals surface area contributed by atoms with Gasteiger partial charge < -0.3 is 10.1 Å². The van der Waals surface area contributed by atoms with Crippen molar-refractivity contribution in [2.24, 2.45) is 11.3 Å². The Hall–Kier alpha value is -0.540. The van der Waals surface area contributed by atoms with Crippen molar-refractivity contribution >= 4 is 15.9 Å². The van der Waals surface area contributed by atoms with Crippen LogP contribution in [0.3, 0.4) is 0 Å². The van der Waals surface area contributed by atoms with E-state index < -0.39 is 0 Å². The van der Waals surface area contributed by atoms with Gasteiger partial charge in [-0.1, -0.05) is 33.8 Å². The van der Waals surface area contributed by atoms with Gasteiger partial charge in [0.25, 0.3) is 0 Å². The molecular weight excluding hydrogens is 314 g/mol. The van der Waals surface area contributed by atoms with Crippen molar-refractivity contribution in [3.05, 3.63) is 28.2 Å². The average Bonchev–Trinajstić information content (AvgIpc) is 2.37. The third kappa shape index (κ3) is 4.78. The van der Waals surface area contributed by atoms with Gasteiger partial charge in [-0.05, 0) is 65.4 Å². The molecule has 0 radical (unpaired) electrons. The van der Waals surface area contributed by atoms with Crippen molar-refractivity contribution in [1.82, 2.24) is 5.32 Å². The van der Waals surface area contributed by atoms with Crippen molar-refractivity contribution < 1.29 is 4.74 Å². The van der Waals surface area contributed by atoms with Crippen molar-refractivity contribution in [1.29, 1.82) is 0 Å². The number of halogens is 1. The number of benzene rings is 1. The molecule has 0 amide bonds. The maximum absolute atomic E-state index is 5.57. The molecule has 2 unspecified atom stereocenters. The molecular formula is C17H28BrNO. The second kappa shape index (κ2) is 7.46. The van der Waals surface area contributed by atoms with Crippen LogP contribution >= 0.6 is 15.9 Å². The van der Waals surface area contributed by atoms with Gasteiger partial charge in [-0.3, -0.25) is 0 Å². The average molecular weight is 342 g/mol. The highest BCUT2D eigenvalue weighted by Crippen LogP contribution is 2.35. The van der Waals surface area contributed by atoms with Gasteiger partial charge in [0.1, 0.15) is 5.75 Å². The molecule has 1 rings (SSSR count). The first-order chi connectivity index (χ1) is 9.29. The number of hydrogen-bond donors (Lipinski definition) is 1. The van der Waals surface area contributed by atoms with Gasteiger partial charge in [0.05, 0.1) is 11.1 Å². The van der Waals surface area contributed by atoms with Crippen LogP contribution in [0.2, 0.25) is 0 Å². The lowest BCUT2D eigenvalue weighted by Gasteiger charge is -2.31. The van der Waals surface area contributed by atoms with E-state index in [1.165, 1.54) is 5.56 Å². The standard InChI is InChI=1S/C17H28BrNO/c1-7-20-16-9-8-13(11-14(16)18)15(19-6)10-12(2)17(3,4)5/h8-9,11-12,15,19H,7,10H2,1-6H3. The maximum atomic E-state index is 5.57. The van der Waals surface area contributed by atoms with E-state index in [-0.39, 0.29) is 0 Å². The molecule has 0 aliphatic rings. The highest BCUT2D eigenvalue weighted by atomic mass is 79.9. The predicted molar refractivity (Wildman–Crippen MR) is 90.3 cm³/mol. The Morgan fingerprint density at radius 2 is 1.95 bits per heavy atom. The van der Waals surface area contributed by atoms with Crippen LogP contribution in [0.4, 0.5) is 0 Å². The molecule has 1 aromatic rings. The topological polar surface area (TPSA) is 21.3 Å². The fraction of sp³-hybridized carbons (Fsp3) is 0.647. The van der Waals surface area contributed by atoms with Gasteiger partial charge >= 0.3 is 0 Å². The summed E-state index contributed by atoms with van der Waals surface area (Å²) in [4.78, 5) is 0. The predicted octanol–water partition coefficient (Wildman–Crippen LogP) is 5.18. The number of ether oxygens (including phenoxy) is 1. The molecule has 0 aliphatic carbocycles. The van der Waals surface area contributed by atoms with Crippen LogP contribution in [0.15, 0.2) is 22.7 Å². The molecule has 0 bridgehead atoms. The van der Waals surface area contributed by atoms with Gasteiger partial charge in [0.2, 0.25) is 0 Å². The fourth-order valence-corrected chi connectivity index (χ4v) is 2.65. The maximum Gasteiger partial charge on any atom is 0.133 e. The van der Waals surface area contributed by atoms with Crippen molar-refractivity contribution in [2.75, 3.05) is 13.7 Å². The Morgan fingerprint density at radius 3 is 2.40 bits per heavy atom. The summed E-state index contributed by atoms with van der Waals surface area (Å²) < 4.78 is 6.60. The third-order valence-corrected chi connectivity index (χ3v) is 4.69. The van der Waals surface area contributed by atoms with Crippen LogP contribution in [0.1, 0.15) is 52.6 Å². The summed E-state index contributed by atoms with van der Waals surface area (Å²) in [6.07, 6.45) is 1.13. The number of nitrogens with one attached hydrogen (secondary N) is 1. The zero-order chi connectivity index (χ0) is 15.3. The van der Waals surface area contributed by atoms with E-state index in [0.717, 1.165) is 16.6 Å². The van der Waals surface area contributed by atoms with E-state index >= 15 is 0 Å². The van der Waals surface area contributed by atoms with Gasteiger partial charge in [0, 0.05) is 6.04 Å². The third-order valence-electron chi connectivity index (χ3n) is 4.07. The molecule has 0 saturated carbocycles. The molecule has 3 heteroatoms. The van der Waals surface area contributed by atoms with E-state index in [1.807, 2.05) is 14.0 Å². The molecule has 0 fully saturated rings. The SMILES string of the molecule is CCOc1ccc(C(CC(C)C(C)(C)C)NC)cc1Br. The van der Waals surface area contributed by atoms with Crippen molar-refractivity contribution in [2.45, 2.75) is 47.1 Å². The van der Waals surface area contributed by atoms with Gasteiger partial charge in [-0.2, -0.15) is 0 Å². The summed E-state index contributed by atoms with van der Waals surface area (Å²) >= 11 is 3.60. The normalized spacial score (nSPS) is 14.9. The summed E-state index contributed by atoms with van der Waals surface area (Å²) in [5, 5.41) is 3.44. The van der Waals surface area contributed by atoms with Crippen molar-refractivity contribution in [3.8, 4) is 5.75 Å². The molecule has 2 atom stereocenters. The second-order valence-electron chi connectivity index (χ2n) is 6.47. The molecule has 0 spiro atoms. The van der Waals surface area contributed by atoms with E-state index in [0.29, 0.717) is 24.0 Å². The lowest BCUT2D eigenvalue weighted by atomic mass is 9.77. The van der Waals surface area contributed by atoms with Crippen LogP contribution in [0.25, 0.3) is 0 Å². The van der Waals surface area contributed by atoms with Gasteiger partial charge in [-0.15, -0.1) is 0 Å². The van der Waals surface area contributed by atoms with Gasteiger partial charge in [0.15, 0.2) is 0 Å². The largest absolute Gasteiger partial charge is 0.493 e. The highest BCUT2D eigenvalue weighted by molar-refractivity contribution is 9.10. The molecule has 0 aromatic heterocycles. The van der Waals surface area contributed by atoms with Crippen molar-refractivity contribution in [3.63, 3.8) is 0 Å². The van der Waals surface area contributed by atoms with Gasteiger partial charge in [-0.25, -0.2) is 0 Å². The zero-order valence-corrected chi connectivity index (χ0v) is 15.2. The first-order valence-electron chi connectivity index (χ1n) is 7.39. The monoisotopic (exact) mass is 341 g/mol. The smallest absolute Gasteiger partial charge is 0.133 e. The Morgan fingerprint density at radius 1 is 1.30 bits per heavy atom. The van der Waals surface area contributed by atoms with Crippen LogP contribution in [0, 0.1) is 11.3 Å². The number of rotatable bonds is 6. The fourth-order valence-electron chi connectivity index (χ4n) is 2.13. The highest BCUT2D eigenvalue weighted by Gasteiger charge is 2.24. The second-order valence-corrected chi connectivity index (χ2v) is 7.32. The minimum absolute atomic E-state index is 0.331. The summed E-state index contributed by atoms with van der Waals surface area (Å²) in [7, 11) is 2.03. The Kier molecular flexibility index (Phi) is 6.53. The molecule has 2 nitrogen and oxygen atoms in total. The molecule has 0 saturated heterocycles. The molecule has 1 aromatic carbocycles. The quantitative estimate of drug-likeness (QED) is 0.769. The minimum Gasteiger partial charge on any atom is -0.493 e. The first kappa shape index (κ1) is 17.5. The summed E-state index contributed by atoms with van der Waals surface area (Å²) in [5.41, 5.74) is 1.64. The summed E-state index contributed by atoms with van der Waals surface area (Å²) in [6, 6.07) is 6.75. The molecule has 0 aliphatic heterocycles. The molecule has 0 heterocycles. The lowest BCUT2D eigenvalue weighted by molar-refractivity contribution is 0.226. The molecule has 1 N–H and O–H groups in total. The van der Waals surface area contributed by atoms with Crippen LogP contribution in [0.5, 0.6) is 5.75 Å². The minimum atomic E-state index is 0.331. The first-order valence-corrected chi connectivity index (χ1v) is 8.18. The lowest BCUT2D eigenvalue weighted by Crippen LogP contribution is -2.25. The van der Waals surface area contributed by atoms with E-state index in [9.17, 15) is 0 Å². The Labute approximate surface area is 132 Å².